The van der Waals surface area contributed by atoms with E-state index in [-0.39, 0.29) is 18.5 Å². The van der Waals surface area contributed by atoms with Gasteiger partial charge in [0.25, 0.3) is 0 Å². The van der Waals surface area contributed by atoms with Gasteiger partial charge in [-0.05, 0) is 57.4 Å². The first kappa shape index (κ1) is 20.3. The molecule has 0 unspecified atom stereocenters. The molecule has 0 spiro atoms. The second-order valence-corrected chi connectivity index (χ2v) is 8.61. The summed E-state index contributed by atoms with van der Waals surface area (Å²) >= 11 is 1.35. The summed E-state index contributed by atoms with van der Waals surface area (Å²) in [6, 6.07) is 10.1. The van der Waals surface area contributed by atoms with Crippen LogP contribution >= 0.6 is 11.3 Å². The van der Waals surface area contributed by atoms with Crippen LogP contribution in [0.3, 0.4) is 0 Å². The molecule has 0 saturated heterocycles. The molecule has 6 nitrogen and oxygen atoms in total. The van der Waals surface area contributed by atoms with E-state index in [4.69, 9.17) is 4.74 Å². The molecule has 0 N–H and O–H groups in total. The smallest absolute Gasteiger partial charge is 0.340 e. The Kier molecular flexibility index (Phi) is 5.47. The molecule has 3 aromatic rings. The van der Waals surface area contributed by atoms with Crippen molar-refractivity contribution >= 4 is 34.0 Å². The zero-order valence-electron chi connectivity index (χ0n) is 17.6. The van der Waals surface area contributed by atoms with Gasteiger partial charge in [-0.2, -0.15) is 0 Å². The van der Waals surface area contributed by atoms with Crippen molar-refractivity contribution in [2.24, 2.45) is 0 Å². The predicted molar refractivity (Wildman–Crippen MR) is 117 cm³/mol. The number of rotatable bonds is 6. The second-order valence-electron chi connectivity index (χ2n) is 7.78. The summed E-state index contributed by atoms with van der Waals surface area (Å²) in [5.74, 6) is -0.460. The Hall–Kier alpha value is -2.93. The van der Waals surface area contributed by atoms with E-state index in [1.54, 1.807) is 4.90 Å². The summed E-state index contributed by atoms with van der Waals surface area (Å²) < 4.78 is 7.76. The minimum atomic E-state index is -0.341. The van der Waals surface area contributed by atoms with Crippen LogP contribution in [0.2, 0.25) is 0 Å². The number of aryl methyl sites for hydroxylation is 2. The fraction of sp³-hybridized carbons (Fsp3) is 0.348. The number of thiazole rings is 1. The summed E-state index contributed by atoms with van der Waals surface area (Å²) in [5, 5.41) is 2.38. The average molecular weight is 424 g/mol. The summed E-state index contributed by atoms with van der Waals surface area (Å²) in [6.45, 7) is 7.56. The van der Waals surface area contributed by atoms with Crippen molar-refractivity contribution in [3.63, 3.8) is 0 Å². The van der Waals surface area contributed by atoms with E-state index in [0.717, 1.165) is 22.6 Å². The Morgan fingerprint density at radius 2 is 2.00 bits per heavy atom. The molecule has 0 aliphatic heterocycles. The molecule has 1 amide bonds. The van der Waals surface area contributed by atoms with Crippen molar-refractivity contribution in [1.82, 2.24) is 9.55 Å². The second kappa shape index (κ2) is 8.07. The first-order valence-electron chi connectivity index (χ1n) is 10.0. The monoisotopic (exact) mass is 423 g/mol. The fourth-order valence-electron chi connectivity index (χ4n) is 3.75. The quantitative estimate of drug-likeness (QED) is 0.508. The molecule has 156 valence electrons. The number of aromatic nitrogens is 2. The van der Waals surface area contributed by atoms with Crippen molar-refractivity contribution in [2.75, 3.05) is 4.90 Å². The third kappa shape index (κ3) is 4.03. The molecule has 2 aromatic heterocycles. The van der Waals surface area contributed by atoms with Gasteiger partial charge in [0.15, 0.2) is 5.13 Å². The van der Waals surface area contributed by atoms with E-state index < -0.39 is 0 Å². The lowest BCUT2D eigenvalue weighted by molar-refractivity contribution is -0.115. The fourth-order valence-corrected chi connectivity index (χ4v) is 4.63. The maximum Gasteiger partial charge on any atom is 0.340 e. The van der Waals surface area contributed by atoms with Gasteiger partial charge in [0.1, 0.15) is 6.61 Å². The van der Waals surface area contributed by atoms with Crippen LogP contribution in [0.15, 0.2) is 35.7 Å². The molecule has 1 aliphatic rings. The third-order valence-electron chi connectivity index (χ3n) is 5.27. The van der Waals surface area contributed by atoms with Gasteiger partial charge >= 0.3 is 5.97 Å². The topological polar surface area (TPSA) is 64.4 Å². The first-order valence-corrected chi connectivity index (χ1v) is 10.9. The number of hydrogen-bond donors (Lipinski definition) is 0. The first-order chi connectivity index (χ1) is 14.3. The Morgan fingerprint density at radius 3 is 2.67 bits per heavy atom. The molecule has 4 rings (SSSR count). The van der Waals surface area contributed by atoms with Gasteiger partial charge < -0.3 is 9.30 Å². The highest BCUT2D eigenvalue weighted by atomic mass is 32.1. The van der Waals surface area contributed by atoms with Crippen LogP contribution in [0.1, 0.15) is 58.8 Å². The molecular weight excluding hydrogens is 398 g/mol. The minimum absolute atomic E-state index is 0.0714. The van der Waals surface area contributed by atoms with Gasteiger partial charge in [0, 0.05) is 29.7 Å². The van der Waals surface area contributed by atoms with Crippen LogP contribution in [0.25, 0.3) is 0 Å². The van der Waals surface area contributed by atoms with E-state index in [1.165, 1.54) is 31.1 Å². The zero-order valence-corrected chi connectivity index (χ0v) is 18.5. The number of ether oxygens (including phenoxy) is 1. The lowest BCUT2D eigenvalue weighted by Gasteiger charge is -2.18. The SMILES string of the molecule is CC(=O)N(c1cccc(C)c1)c1nc(COC(=O)c2cc(C)n(C3CC3)c2C)cs1. The van der Waals surface area contributed by atoms with Crippen molar-refractivity contribution in [3.05, 3.63) is 63.9 Å². The summed E-state index contributed by atoms with van der Waals surface area (Å²) in [4.78, 5) is 31.0. The lowest BCUT2D eigenvalue weighted by Crippen LogP contribution is -2.22. The molecule has 1 aliphatic carbocycles. The van der Waals surface area contributed by atoms with Gasteiger partial charge in [0.05, 0.1) is 16.9 Å². The van der Waals surface area contributed by atoms with E-state index in [2.05, 4.69) is 9.55 Å². The molecule has 0 bridgehead atoms. The molecule has 1 saturated carbocycles. The van der Waals surface area contributed by atoms with E-state index >= 15 is 0 Å². The van der Waals surface area contributed by atoms with Crippen molar-refractivity contribution < 1.29 is 14.3 Å². The van der Waals surface area contributed by atoms with E-state index in [9.17, 15) is 9.59 Å². The molecule has 1 aromatic carbocycles. The summed E-state index contributed by atoms with van der Waals surface area (Å²) in [7, 11) is 0. The normalized spacial score (nSPS) is 13.3. The number of amides is 1. The van der Waals surface area contributed by atoms with Crippen molar-refractivity contribution in [3.8, 4) is 0 Å². The van der Waals surface area contributed by atoms with Crippen LogP contribution in [0.4, 0.5) is 10.8 Å². The highest BCUT2D eigenvalue weighted by Gasteiger charge is 2.29. The number of esters is 1. The zero-order chi connectivity index (χ0) is 21.4. The molecule has 1 fully saturated rings. The van der Waals surface area contributed by atoms with Crippen LogP contribution < -0.4 is 4.90 Å². The summed E-state index contributed by atoms with van der Waals surface area (Å²) in [6.07, 6.45) is 2.33. The van der Waals surface area contributed by atoms with Crippen molar-refractivity contribution in [2.45, 2.75) is 53.2 Å². The lowest BCUT2D eigenvalue weighted by atomic mass is 10.2. The van der Waals surface area contributed by atoms with Crippen LogP contribution in [0.5, 0.6) is 0 Å². The van der Waals surface area contributed by atoms with E-state index in [0.29, 0.717) is 22.4 Å². The highest BCUT2D eigenvalue weighted by Crippen LogP contribution is 2.38. The average Bonchev–Trinajstić information content (AvgIpc) is 3.33. The number of benzene rings is 1. The number of carbonyl (C=O) groups is 2. The van der Waals surface area contributed by atoms with Gasteiger partial charge in [-0.1, -0.05) is 12.1 Å². The van der Waals surface area contributed by atoms with Gasteiger partial charge in [-0.25, -0.2) is 9.78 Å². The Bertz CT molecular complexity index is 1110. The summed E-state index contributed by atoms with van der Waals surface area (Å²) in [5.41, 5.74) is 5.12. The molecule has 7 heteroatoms. The largest absolute Gasteiger partial charge is 0.455 e. The molecule has 0 radical (unpaired) electrons. The maximum absolute atomic E-state index is 12.6. The minimum Gasteiger partial charge on any atom is -0.455 e. The predicted octanol–water partition coefficient (Wildman–Crippen LogP) is 5.25. The maximum atomic E-state index is 12.6. The standard InChI is InChI=1S/C23H25N3O3S/c1-14-6-5-7-20(10-14)26(17(4)27)23-24-18(13-30-23)12-29-22(28)21-11-15(2)25(16(21)3)19-8-9-19/h5-7,10-11,13,19H,8-9,12H2,1-4H3. The van der Waals surface area contributed by atoms with Crippen molar-refractivity contribution in [1.29, 1.82) is 0 Å². The Labute approximate surface area is 180 Å². The molecule has 2 heterocycles. The Morgan fingerprint density at radius 1 is 1.23 bits per heavy atom. The number of nitrogens with zero attached hydrogens (tertiary/aromatic N) is 3. The molecular formula is C23H25N3O3S. The molecule has 30 heavy (non-hydrogen) atoms. The van der Waals surface area contributed by atoms with Crippen LogP contribution in [-0.2, 0) is 16.1 Å². The highest BCUT2D eigenvalue weighted by molar-refractivity contribution is 7.14. The Balaban J connectivity index is 1.47. The van der Waals surface area contributed by atoms with Gasteiger partial charge in [-0.15, -0.1) is 11.3 Å². The number of anilines is 2. The van der Waals surface area contributed by atoms with Crippen LogP contribution in [0, 0.1) is 20.8 Å². The van der Waals surface area contributed by atoms with Gasteiger partial charge in [-0.3, -0.25) is 9.69 Å². The van der Waals surface area contributed by atoms with Crippen LogP contribution in [-0.4, -0.2) is 21.4 Å². The van der Waals surface area contributed by atoms with Gasteiger partial charge in [0.2, 0.25) is 5.91 Å². The number of hydrogen-bond acceptors (Lipinski definition) is 5. The molecule has 0 atom stereocenters. The van der Waals surface area contributed by atoms with E-state index in [1.807, 2.05) is 56.5 Å². The number of carbonyl (C=O) groups excluding carboxylic acids is 2. The third-order valence-corrected chi connectivity index (χ3v) is 6.15.